The van der Waals surface area contributed by atoms with Crippen LogP contribution >= 0.6 is 0 Å². The zero-order valence-corrected chi connectivity index (χ0v) is 17.3. The largest absolute Gasteiger partial charge is 0.340 e. The Morgan fingerprint density at radius 1 is 0.786 bits per heavy atom. The van der Waals surface area contributed by atoms with E-state index in [4.69, 9.17) is 5.73 Å². The molecule has 2 heterocycles. The summed E-state index contributed by atoms with van der Waals surface area (Å²) in [5.41, 5.74) is 8.43. The summed E-state index contributed by atoms with van der Waals surface area (Å²) in [4.78, 5) is 5.29. The molecule has 0 aliphatic carbocycles. The number of piperazine rings is 1. The van der Waals surface area contributed by atoms with E-state index >= 15 is 0 Å². The Labute approximate surface area is 168 Å². The summed E-state index contributed by atoms with van der Waals surface area (Å²) in [7, 11) is 0. The highest BCUT2D eigenvalue weighted by molar-refractivity contribution is 6.07. The lowest BCUT2D eigenvalue weighted by molar-refractivity contribution is 0.0377. The van der Waals surface area contributed by atoms with Crippen LogP contribution in [0.2, 0.25) is 0 Å². The maximum absolute atomic E-state index is 5.72. The molecular formula is C24H34N4. The molecular weight excluding hydrogens is 344 g/mol. The van der Waals surface area contributed by atoms with Gasteiger partial charge in [0, 0.05) is 60.1 Å². The molecule has 0 unspecified atom stereocenters. The molecule has 28 heavy (non-hydrogen) atoms. The van der Waals surface area contributed by atoms with Crippen molar-refractivity contribution in [3.05, 3.63) is 48.5 Å². The van der Waals surface area contributed by atoms with Crippen molar-refractivity contribution in [2.45, 2.75) is 45.3 Å². The average molecular weight is 379 g/mol. The zero-order valence-electron chi connectivity index (χ0n) is 17.3. The SMILES string of the molecule is C[C@@H]1CN(CCCn2c3ccccc3c3ccccc32)C[C@H](C)N1CCCN. The number of benzene rings is 2. The Balaban J connectivity index is 1.42. The van der Waals surface area contributed by atoms with Crippen molar-refractivity contribution in [3.8, 4) is 0 Å². The third-order valence-corrected chi connectivity index (χ3v) is 6.33. The molecule has 2 atom stereocenters. The van der Waals surface area contributed by atoms with Crippen molar-refractivity contribution < 1.29 is 0 Å². The van der Waals surface area contributed by atoms with Gasteiger partial charge in [-0.2, -0.15) is 0 Å². The molecule has 1 aliphatic rings. The van der Waals surface area contributed by atoms with Gasteiger partial charge in [0.2, 0.25) is 0 Å². The first-order chi connectivity index (χ1) is 13.7. The molecule has 1 aliphatic heterocycles. The number of hydrogen-bond acceptors (Lipinski definition) is 3. The van der Waals surface area contributed by atoms with Crippen LogP contribution in [-0.2, 0) is 6.54 Å². The van der Waals surface area contributed by atoms with Crippen LogP contribution < -0.4 is 5.73 Å². The molecule has 3 aromatic rings. The highest BCUT2D eigenvalue weighted by Crippen LogP contribution is 2.29. The van der Waals surface area contributed by atoms with E-state index in [2.05, 4.69) is 76.7 Å². The lowest BCUT2D eigenvalue weighted by atomic mass is 10.1. The molecule has 0 radical (unpaired) electrons. The standard InChI is InChI=1S/C24H34N4/c1-19-17-26(18-20(2)27(19)15-7-13-25)14-8-16-28-23-11-5-3-9-21(23)22-10-4-6-12-24(22)28/h3-6,9-12,19-20H,7-8,13-18,25H2,1-2H3/t19-,20+. The normalized spacial score (nSPS) is 21.7. The van der Waals surface area contributed by atoms with Crippen LogP contribution in [0.5, 0.6) is 0 Å². The fraction of sp³-hybridized carbons (Fsp3) is 0.500. The van der Waals surface area contributed by atoms with Gasteiger partial charge in [-0.1, -0.05) is 36.4 Å². The second kappa shape index (κ2) is 8.64. The number of aromatic nitrogens is 1. The van der Waals surface area contributed by atoms with Crippen molar-refractivity contribution >= 4 is 21.8 Å². The van der Waals surface area contributed by atoms with Gasteiger partial charge in [-0.25, -0.2) is 0 Å². The number of nitrogens with zero attached hydrogens (tertiary/aromatic N) is 3. The van der Waals surface area contributed by atoms with Crippen LogP contribution in [-0.4, -0.2) is 59.2 Å². The van der Waals surface area contributed by atoms with Gasteiger partial charge in [-0.15, -0.1) is 0 Å². The minimum Gasteiger partial charge on any atom is -0.340 e. The van der Waals surface area contributed by atoms with Crippen LogP contribution in [0.1, 0.15) is 26.7 Å². The Morgan fingerprint density at radius 3 is 1.93 bits per heavy atom. The Kier molecular flexibility index (Phi) is 6.00. The smallest absolute Gasteiger partial charge is 0.0491 e. The van der Waals surface area contributed by atoms with Crippen LogP contribution in [0.3, 0.4) is 0 Å². The van der Waals surface area contributed by atoms with E-state index in [1.807, 2.05) is 0 Å². The lowest BCUT2D eigenvalue weighted by Gasteiger charge is -2.44. The molecule has 2 N–H and O–H groups in total. The molecule has 4 heteroatoms. The number of aryl methyl sites for hydroxylation is 1. The second-order valence-corrected chi connectivity index (χ2v) is 8.38. The molecule has 0 spiro atoms. The van der Waals surface area contributed by atoms with Gasteiger partial charge in [-0.05, 0) is 51.9 Å². The molecule has 4 rings (SSSR count). The molecule has 1 fully saturated rings. The van der Waals surface area contributed by atoms with E-state index in [0.29, 0.717) is 12.1 Å². The maximum atomic E-state index is 5.72. The van der Waals surface area contributed by atoms with Crippen LogP contribution in [0, 0.1) is 0 Å². The van der Waals surface area contributed by atoms with E-state index in [1.165, 1.54) is 47.9 Å². The number of rotatable bonds is 7. The van der Waals surface area contributed by atoms with E-state index in [0.717, 1.165) is 26.1 Å². The van der Waals surface area contributed by atoms with E-state index in [9.17, 15) is 0 Å². The van der Waals surface area contributed by atoms with Crippen molar-refractivity contribution in [1.82, 2.24) is 14.4 Å². The van der Waals surface area contributed by atoms with Crippen LogP contribution in [0.4, 0.5) is 0 Å². The summed E-state index contributed by atoms with van der Waals surface area (Å²) in [5, 5.41) is 2.74. The third-order valence-electron chi connectivity index (χ3n) is 6.33. The first-order valence-electron chi connectivity index (χ1n) is 10.8. The average Bonchev–Trinajstić information content (AvgIpc) is 3.02. The Hall–Kier alpha value is -1.88. The summed E-state index contributed by atoms with van der Waals surface area (Å²) in [6.45, 7) is 11.2. The third kappa shape index (κ3) is 3.82. The van der Waals surface area contributed by atoms with E-state index < -0.39 is 0 Å². The fourth-order valence-electron chi connectivity index (χ4n) is 5.06. The van der Waals surface area contributed by atoms with Gasteiger partial charge in [0.15, 0.2) is 0 Å². The highest BCUT2D eigenvalue weighted by atomic mass is 15.3. The molecule has 2 aromatic carbocycles. The minimum absolute atomic E-state index is 0.614. The molecule has 4 nitrogen and oxygen atoms in total. The maximum Gasteiger partial charge on any atom is 0.0491 e. The predicted molar refractivity (Wildman–Crippen MR) is 120 cm³/mol. The van der Waals surface area contributed by atoms with Crippen molar-refractivity contribution in [3.63, 3.8) is 0 Å². The summed E-state index contributed by atoms with van der Waals surface area (Å²) in [6, 6.07) is 18.8. The van der Waals surface area contributed by atoms with E-state index in [-0.39, 0.29) is 0 Å². The van der Waals surface area contributed by atoms with Crippen molar-refractivity contribution in [2.75, 3.05) is 32.7 Å². The quantitative estimate of drug-likeness (QED) is 0.677. The first-order valence-corrected chi connectivity index (χ1v) is 10.8. The monoisotopic (exact) mass is 378 g/mol. The van der Waals surface area contributed by atoms with Gasteiger partial charge in [0.25, 0.3) is 0 Å². The molecule has 1 aromatic heterocycles. The van der Waals surface area contributed by atoms with Gasteiger partial charge in [0.05, 0.1) is 0 Å². The molecule has 0 amide bonds. The predicted octanol–water partition coefficient (Wildman–Crippen LogP) is 3.93. The molecule has 1 saturated heterocycles. The van der Waals surface area contributed by atoms with Crippen LogP contribution in [0.15, 0.2) is 48.5 Å². The number of hydrogen-bond donors (Lipinski definition) is 1. The Bertz CT molecular complexity index is 850. The molecule has 0 bridgehead atoms. The number of para-hydroxylation sites is 2. The summed E-state index contributed by atoms with van der Waals surface area (Å²) >= 11 is 0. The van der Waals surface area contributed by atoms with Gasteiger partial charge >= 0.3 is 0 Å². The highest BCUT2D eigenvalue weighted by Gasteiger charge is 2.28. The van der Waals surface area contributed by atoms with Crippen LogP contribution in [0.25, 0.3) is 21.8 Å². The second-order valence-electron chi connectivity index (χ2n) is 8.38. The van der Waals surface area contributed by atoms with Gasteiger partial charge in [-0.3, -0.25) is 4.90 Å². The number of fused-ring (bicyclic) bond motifs is 3. The summed E-state index contributed by atoms with van der Waals surface area (Å²) in [6.07, 6.45) is 2.29. The summed E-state index contributed by atoms with van der Waals surface area (Å²) in [5.74, 6) is 0. The van der Waals surface area contributed by atoms with Crippen molar-refractivity contribution in [1.29, 1.82) is 0 Å². The van der Waals surface area contributed by atoms with Crippen molar-refractivity contribution in [2.24, 2.45) is 5.73 Å². The van der Waals surface area contributed by atoms with Gasteiger partial charge in [0.1, 0.15) is 0 Å². The fourth-order valence-corrected chi connectivity index (χ4v) is 5.06. The zero-order chi connectivity index (χ0) is 19.5. The number of nitrogens with two attached hydrogens (primary N) is 1. The van der Waals surface area contributed by atoms with Gasteiger partial charge < -0.3 is 15.2 Å². The first kappa shape index (κ1) is 19.4. The minimum atomic E-state index is 0.614. The topological polar surface area (TPSA) is 37.4 Å². The summed E-state index contributed by atoms with van der Waals surface area (Å²) < 4.78 is 2.51. The Morgan fingerprint density at radius 2 is 1.36 bits per heavy atom. The van der Waals surface area contributed by atoms with E-state index in [1.54, 1.807) is 0 Å². The molecule has 0 saturated carbocycles. The molecule has 150 valence electrons. The lowest BCUT2D eigenvalue weighted by Crippen LogP contribution is -2.57.